The Kier molecular flexibility index (Phi) is 18.4. The number of carbonyl (C=O) groups excluding carboxylic acids is 3. The highest BCUT2D eigenvalue weighted by Crippen LogP contribution is 2.27. The molecule has 0 fully saturated rings. The molecule has 0 aromatic heterocycles. The van der Waals surface area contributed by atoms with Crippen molar-refractivity contribution in [2.75, 3.05) is 0 Å². The molecule has 0 saturated carbocycles. The highest BCUT2D eigenvalue weighted by Gasteiger charge is 2.07. The fraction of sp³-hybridized carbons (Fsp3) is 0.457. The van der Waals surface area contributed by atoms with E-state index in [0.29, 0.717) is 12.3 Å². The Morgan fingerprint density at radius 3 is 1.92 bits per heavy atom. The van der Waals surface area contributed by atoms with Crippen LogP contribution in [0.25, 0.3) is 10.8 Å². The molecule has 0 spiro atoms. The fourth-order valence-corrected chi connectivity index (χ4v) is 3.84. The van der Waals surface area contributed by atoms with Crippen molar-refractivity contribution in [3.63, 3.8) is 0 Å². The lowest BCUT2D eigenvalue weighted by molar-refractivity contribution is -0.117. The maximum atomic E-state index is 11.3. The Labute approximate surface area is 232 Å². The molecule has 0 saturated heterocycles. The summed E-state index contributed by atoms with van der Waals surface area (Å²) in [6.07, 6.45) is 7.05. The van der Waals surface area contributed by atoms with Gasteiger partial charge in [0.2, 0.25) is 0 Å². The summed E-state index contributed by atoms with van der Waals surface area (Å²) in [4.78, 5) is 30.9. The zero-order valence-corrected chi connectivity index (χ0v) is 25.3. The summed E-state index contributed by atoms with van der Waals surface area (Å²) in [5, 5.41) is 2.80. The van der Waals surface area contributed by atoms with E-state index in [1.807, 2.05) is 25.1 Å². The Morgan fingerprint density at radius 2 is 1.42 bits per heavy atom. The average Bonchev–Trinajstić information content (AvgIpc) is 2.88. The number of fused-ring (bicyclic) bond motifs is 1. The third kappa shape index (κ3) is 13.5. The van der Waals surface area contributed by atoms with E-state index in [-0.39, 0.29) is 11.6 Å². The number of Topliss-reactive ketones (excluding diaryl/α,β-unsaturated/α-hetero) is 2. The van der Waals surface area contributed by atoms with E-state index in [1.165, 1.54) is 54.5 Å². The van der Waals surface area contributed by atoms with Crippen molar-refractivity contribution in [3.05, 3.63) is 82.4 Å². The van der Waals surface area contributed by atoms with Crippen molar-refractivity contribution in [2.45, 2.75) is 107 Å². The van der Waals surface area contributed by atoms with E-state index in [2.05, 4.69) is 71.0 Å². The molecule has 3 aromatic rings. The minimum Gasteiger partial charge on any atom is -0.304 e. The number of benzene rings is 3. The van der Waals surface area contributed by atoms with Gasteiger partial charge in [-0.2, -0.15) is 0 Å². The summed E-state index contributed by atoms with van der Waals surface area (Å²) < 4.78 is 0. The molecule has 0 aliphatic carbocycles. The number of hydrogen-bond donors (Lipinski definition) is 0. The van der Waals surface area contributed by atoms with Gasteiger partial charge in [-0.05, 0) is 85.5 Å². The van der Waals surface area contributed by atoms with Gasteiger partial charge in [0, 0.05) is 12.0 Å². The van der Waals surface area contributed by atoms with Crippen LogP contribution in [0.1, 0.15) is 120 Å². The summed E-state index contributed by atoms with van der Waals surface area (Å²) in [7, 11) is 0. The third-order valence-corrected chi connectivity index (χ3v) is 6.06. The van der Waals surface area contributed by atoms with Crippen molar-refractivity contribution in [1.29, 1.82) is 0 Å². The molecule has 38 heavy (non-hydrogen) atoms. The lowest BCUT2D eigenvalue weighted by Gasteiger charge is -2.12. The number of aldehydes is 1. The number of aryl methyl sites for hydroxylation is 3. The molecule has 0 aliphatic heterocycles. The van der Waals surface area contributed by atoms with Gasteiger partial charge in [0.05, 0.1) is 0 Å². The van der Waals surface area contributed by atoms with Crippen LogP contribution in [-0.4, -0.2) is 17.9 Å². The molecule has 3 heteroatoms. The van der Waals surface area contributed by atoms with Gasteiger partial charge in [-0.3, -0.25) is 4.79 Å². The number of unbranched alkanes of at least 4 members (excludes halogenated alkanes) is 1. The highest BCUT2D eigenvalue weighted by molar-refractivity contribution is 5.95. The molecule has 0 amide bonds. The molecule has 3 rings (SSSR count). The van der Waals surface area contributed by atoms with Crippen LogP contribution < -0.4 is 0 Å². The van der Waals surface area contributed by atoms with E-state index in [0.717, 1.165) is 29.4 Å². The standard InChI is InChI=1S/C16H20.C13H16O2.C4H10.C2H4O/c1-4-7-13-10-14-8-5-6-9-15(14)16(11-13)12(2)3;1-9-4-6-12(7-5-10(2)14)8-13(9)11(3)15;1-3-4-2;1-2-3/h5-6,8-12H,4,7H2,1-3H3;4,6,8H,5,7H2,1-3H3;3-4H2,1-2H3;2H,1H3. The molecule has 0 aliphatic rings. The van der Waals surface area contributed by atoms with Crippen LogP contribution in [-0.2, 0) is 22.4 Å². The zero-order valence-electron chi connectivity index (χ0n) is 25.3. The van der Waals surface area contributed by atoms with Gasteiger partial charge in [0.25, 0.3) is 0 Å². The molecular formula is C35H50O3. The van der Waals surface area contributed by atoms with Crippen LogP contribution in [0.4, 0.5) is 0 Å². The first-order valence-electron chi connectivity index (χ1n) is 14.1. The fourth-order valence-electron chi connectivity index (χ4n) is 3.84. The quantitative estimate of drug-likeness (QED) is 0.220. The van der Waals surface area contributed by atoms with Gasteiger partial charge in [0.1, 0.15) is 12.1 Å². The molecule has 3 nitrogen and oxygen atoms in total. The topological polar surface area (TPSA) is 51.2 Å². The summed E-state index contributed by atoms with van der Waals surface area (Å²) in [5.41, 5.74) is 5.78. The maximum Gasteiger partial charge on any atom is 0.160 e. The second-order valence-corrected chi connectivity index (χ2v) is 9.95. The van der Waals surface area contributed by atoms with E-state index < -0.39 is 0 Å². The van der Waals surface area contributed by atoms with Gasteiger partial charge >= 0.3 is 0 Å². The first-order valence-corrected chi connectivity index (χ1v) is 14.1. The molecule has 0 bridgehead atoms. The van der Waals surface area contributed by atoms with Crippen LogP contribution in [0, 0.1) is 6.92 Å². The number of ketones is 2. The van der Waals surface area contributed by atoms with Gasteiger partial charge in [0.15, 0.2) is 5.78 Å². The Hall–Kier alpha value is -3.07. The largest absolute Gasteiger partial charge is 0.304 e. The van der Waals surface area contributed by atoms with Gasteiger partial charge in [-0.15, -0.1) is 0 Å². The van der Waals surface area contributed by atoms with E-state index >= 15 is 0 Å². The third-order valence-electron chi connectivity index (χ3n) is 6.06. The van der Waals surface area contributed by atoms with E-state index in [1.54, 1.807) is 13.8 Å². The van der Waals surface area contributed by atoms with E-state index in [4.69, 9.17) is 4.79 Å². The predicted octanol–water partition coefficient (Wildman–Crippen LogP) is 9.65. The Morgan fingerprint density at radius 1 is 0.816 bits per heavy atom. The molecular weight excluding hydrogens is 468 g/mol. The minimum atomic E-state index is 0.0807. The van der Waals surface area contributed by atoms with Crippen molar-refractivity contribution in [2.24, 2.45) is 0 Å². The monoisotopic (exact) mass is 518 g/mol. The highest BCUT2D eigenvalue weighted by atomic mass is 16.1. The molecule has 0 heterocycles. The number of carbonyl (C=O) groups is 3. The minimum absolute atomic E-state index is 0.0807. The van der Waals surface area contributed by atoms with Crippen LogP contribution in [0.3, 0.4) is 0 Å². The second kappa shape index (κ2) is 20.0. The summed E-state index contributed by atoms with van der Waals surface area (Å²) in [6.45, 7) is 17.7. The van der Waals surface area contributed by atoms with Crippen molar-refractivity contribution >= 4 is 28.6 Å². The lowest BCUT2D eigenvalue weighted by Crippen LogP contribution is -1.99. The first-order chi connectivity index (χ1) is 18.1. The lowest BCUT2D eigenvalue weighted by atomic mass is 9.92. The summed E-state index contributed by atoms with van der Waals surface area (Å²) in [5.74, 6) is 0.860. The molecule has 0 radical (unpaired) electrons. The maximum absolute atomic E-state index is 11.3. The van der Waals surface area contributed by atoms with Gasteiger partial charge < -0.3 is 9.59 Å². The van der Waals surface area contributed by atoms with Crippen molar-refractivity contribution < 1.29 is 14.4 Å². The average molecular weight is 519 g/mol. The number of rotatable bonds is 8. The van der Waals surface area contributed by atoms with Crippen LogP contribution in [0.15, 0.2) is 54.6 Å². The smallest absolute Gasteiger partial charge is 0.160 e. The molecule has 3 aromatic carbocycles. The van der Waals surface area contributed by atoms with Crippen LogP contribution >= 0.6 is 0 Å². The van der Waals surface area contributed by atoms with Crippen LogP contribution in [0.2, 0.25) is 0 Å². The normalized spacial score (nSPS) is 9.84. The molecule has 208 valence electrons. The second-order valence-electron chi connectivity index (χ2n) is 9.95. The van der Waals surface area contributed by atoms with Crippen molar-refractivity contribution in [1.82, 2.24) is 0 Å². The predicted molar refractivity (Wildman–Crippen MR) is 165 cm³/mol. The molecule has 0 N–H and O–H groups in total. The zero-order chi connectivity index (χ0) is 29.1. The van der Waals surface area contributed by atoms with E-state index in [9.17, 15) is 9.59 Å². The van der Waals surface area contributed by atoms with Gasteiger partial charge in [-0.25, -0.2) is 0 Å². The SMILES string of the molecule is CC(=O)CCc1ccc(C)c(C(C)=O)c1.CC=O.CCCC.CCCc1cc(C(C)C)c2ccccc2c1. The summed E-state index contributed by atoms with van der Waals surface area (Å²) >= 11 is 0. The first kappa shape index (κ1) is 34.9. The Bertz CT molecular complexity index is 1120. The molecule has 0 atom stereocenters. The molecule has 0 unspecified atom stereocenters. The van der Waals surface area contributed by atoms with Gasteiger partial charge in [-0.1, -0.05) is 102 Å². The Balaban J connectivity index is 0.000000581. The number of hydrogen-bond acceptors (Lipinski definition) is 3. The summed E-state index contributed by atoms with van der Waals surface area (Å²) in [6, 6.07) is 19.2. The van der Waals surface area contributed by atoms with Crippen molar-refractivity contribution in [3.8, 4) is 0 Å². The van der Waals surface area contributed by atoms with Crippen LogP contribution in [0.5, 0.6) is 0 Å².